The Kier molecular flexibility index (Phi) is 7.82. The molecule has 2 atom stereocenters. The van der Waals surface area contributed by atoms with Gasteiger partial charge in [0.2, 0.25) is 0 Å². The third-order valence-electron chi connectivity index (χ3n) is 6.25. The number of thiophene rings is 1. The van der Waals surface area contributed by atoms with Crippen LogP contribution in [0.5, 0.6) is 0 Å². The number of ether oxygens (including phenoxy) is 1. The van der Waals surface area contributed by atoms with E-state index < -0.39 is 0 Å². The van der Waals surface area contributed by atoms with E-state index in [1.165, 1.54) is 43.6 Å². The molecule has 1 aromatic rings. The van der Waals surface area contributed by atoms with Gasteiger partial charge < -0.3 is 15.0 Å². The average molecular weight is 504 g/mol. The van der Waals surface area contributed by atoms with Gasteiger partial charge in [-0.05, 0) is 49.6 Å². The largest absolute Gasteiger partial charge is 0.381 e. The highest BCUT2D eigenvalue weighted by atomic mass is 127. The molecule has 5 nitrogen and oxygen atoms in total. The molecule has 2 unspecified atom stereocenters. The maximum atomic E-state index is 5.66. The zero-order chi connectivity index (χ0) is 17.8. The quantitative estimate of drug-likeness (QED) is 0.388. The lowest BCUT2D eigenvalue weighted by Crippen LogP contribution is -2.46. The van der Waals surface area contributed by atoms with Crippen LogP contribution in [0.25, 0.3) is 0 Å². The summed E-state index contributed by atoms with van der Waals surface area (Å²) in [6.07, 6.45) is 5.08. The highest BCUT2D eigenvalue weighted by molar-refractivity contribution is 14.0. The molecule has 0 amide bonds. The summed E-state index contributed by atoms with van der Waals surface area (Å²) in [4.78, 5) is 11.1. The van der Waals surface area contributed by atoms with Crippen LogP contribution in [0.3, 0.4) is 0 Å². The molecule has 3 aliphatic rings. The minimum absolute atomic E-state index is 0. The number of likely N-dealkylation sites (tertiary alicyclic amines) is 2. The predicted molar refractivity (Wildman–Crippen MR) is 123 cm³/mol. The van der Waals surface area contributed by atoms with Crippen LogP contribution in [0.4, 0.5) is 0 Å². The Morgan fingerprint density at radius 3 is 3.07 bits per heavy atom. The monoisotopic (exact) mass is 504 g/mol. The number of hydrogen-bond donors (Lipinski definition) is 1. The van der Waals surface area contributed by atoms with Crippen molar-refractivity contribution >= 4 is 41.3 Å². The smallest absolute Gasteiger partial charge is 0.193 e. The van der Waals surface area contributed by atoms with Crippen LogP contribution in [0, 0.1) is 11.3 Å². The maximum Gasteiger partial charge on any atom is 0.193 e. The maximum absolute atomic E-state index is 5.66. The molecule has 4 heterocycles. The molecule has 1 N–H and O–H groups in total. The van der Waals surface area contributed by atoms with Crippen molar-refractivity contribution in [3.63, 3.8) is 0 Å². The molecule has 1 spiro atoms. The topological polar surface area (TPSA) is 40.1 Å². The molecular formula is C20H33IN4OS. The number of aliphatic imine (C=N–C) groups is 1. The molecule has 0 bridgehead atoms. The number of guanidine groups is 1. The summed E-state index contributed by atoms with van der Waals surface area (Å²) in [5.74, 6) is 1.80. The third kappa shape index (κ3) is 5.36. The lowest BCUT2D eigenvalue weighted by atomic mass is 9.87. The normalized spacial score (nSPS) is 29.3. The summed E-state index contributed by atoms with van der Waals surface area (Å²) in [5.41, 5.74) is 0.389. The summed E-state index contributed by atoms with van der Waals surface area (Å²) in [7, 11) is 1.92. The Balaban J connectivity index is 0.00000210. The number of hydrogen-bond acceptors (Lipinski definition) is 4. The fraction of sp³-hybridized carbons (Fsp3) is 0.750. The first-order valence-electron chi connectivity index (χ1n) is 10.0. The van der Waals surface area contributed by atoms with Gasteiger partial charge in [0, 0.05) is 56.7 Å². The van der Waals surface area contributed by atoms with E-state index in [2.05, 4.69) is 37.6 Å². The summed E-state index contributed by atoms with van der Waals surface area (Å²) >= 11 is 1.87. The lowest BCUT2D eigenvalue weighted by Gasteiger charge is -2.33. The third-order valence-corrected chi connectivity index (χ3v) is 7.11. The average Bonchev–Trinajstić information content (AvgIpc) is 3.40. The van der Waals surface area contributed by atoms with Crippen LogP contribution in [0.2, 0.25) is 0 Å². The van der Waals surface area contributed by atoms with Crippen molar-refractivity contribution < 1.29 is 4.74 Å². The number of halogens is 1. The van der Waals surface area contributed by atoms with E-state index in [4.69, 9.17) is 4.74 Å². The number of piperidine rings is 1. The molecule has 3 saturated heterocycles. The molecule has 4 rings (SSSR count). The van der Waals surface area contributed by atoms with Crippen LogP contribution < -0.4 is 5.32 Å². The molecule has 7 heteroatoms. The first-order chi connectivity index (χ1) is 12.8. The van der Waals surface area contributed by atoms with Crippen molar-refractivity contribution in [1.29, 1.82) is 0 Å². The van der Waals surface area contributed by atoms with E-state index in [0.717, 1.165) is 45.4 Å². The molecule has 3 aliphatic heterocycles. The van der Waals surface area contributed by atoms with Crippen LogP contribution in [-0.2, 0) is 11.3 Å². The van der Waals surface area contributed by atoms with Gasteiger partial charge in [0.15, 0.2) is 5.96 Å². The van der Waals surface area contributed by atoms with Gasteiger partial charge in [0.25, 0.3) is 0 Å². The van der Waals surface area contributed by atoms with Crippen LogP contribution in [-0.4, -0.2) is 68.7 Å². The van der Waals surface area contributed by atoms with E-state index in [-0.39, 0.29) is 24.0 Å². The Morgan fingerprint density at radius 1 is 1.41 bits per heavy atom. The zero-order valence-corrected chi connectivity index (χ0v) is 19.5. The Labute approximate surface area is 184 Å². The fourth-order valence-electron chi connectivity index (χ4n) is 4.74. The SMILES string of the molecule is CN=C(NCC1CCCN(Cc2cccs2)C1)N1CCC2(CCOC2)C1.I. The van der Waals surface area contributed by atoms with Crippen LogP contribution in [0.1, 0.15) is 30.6 Å². The highest BCUT2D eigenvalue weighted by Crippen LogP contribution is 2.38. The fourth-order valence-corrected chi connectivity index (χ4v) is 5.49. The van der Waals surface area contributed by atoms with E-state index in [0.29, 0.717) is 11.3 Å². The molecule has 0 aliphatic carbocycles. The van der Waals surface area contributed by atoms with Crippen molar-refractivity contribution in [2.75, 3.05) is 53.0 Å². The summed E-state index contributed by atoms with van der Waals surface area (Å²) in [5, 5.41) is 5.86. The van der Waals surface area contributed by atoms with E-state index in [1.807, 2.05) is 18.4 Å². The number of nitrogens with one attached hydrogen (secondary N) is 1. The van der Waals surface area contributed by atoms with E-state index >= 15 is 0 Å². The minimum atomic E-state index is 0. The van der Waals surface area contributed by atoms with Gasteiger partial charge in [-0.15, -0.1) is 35.3 Å². The molecular weight excluding hydrogens is 471 g/mol. The highest BCUT2D eigenvalue weighted by Gasteiger charge is 2.42. The first kappa shape index (κ1) is 21.3. The second-order valence-electron chi connectivity index (χ2n) is 8.22. The predicted octanol–water partition coefficient (Wildman–Crippen LogP) is 3.27. The van der Waals surface area contributed by atoms with Gasteiger partial charge in [0.1, 0.15) is 0 Å². The van der Waals surface area contributed by atoms with Gasteiger partial charge in [0.05, 0.1) is 6.61 Å². The lowest BCUT2D eigenvalue weighted by molar-refractivity contribution is 0.156. The first-order valence-corrected chi connectivity index (χ1v) is 10.9. The van der Waals surface area contributed by atoms with Crippen LogP contribution >= 0.6 is 35.3 Å². The molecule has 1 aromatic heterocycles. The van der Waals surface area contributed by atoms with Crippen molar-refractivity contribution in [3.8, 4) is 0 Å². The summed E-state index contributed by atoms with van der Waals surface area (Å²) in [6, 6.07) is 4.41. The van der Waals surface area contributed by atoms with Gasteiger partial charge in [-0.2, -0.15) is 0 Å². The summed E-state index contributed by atoms with van der Waals surface area (Å²) < 4.78 is 5.66. The second kappa shape index (κ2) is 9.89. The molecule has 152 valence electrons. The van der Waals surface area contributed by atoms with Gasteiger partial charge in [-0.1, -0.05) is 6.07 Å². The minimum Gasteiger partial charge on any atom is -0.381 e. The molecule has 0 aromatic carbocycles. The number of rotatable bonds is 4. The zero-order valence-electron chi connectivity index (χ0n) is 16.4. The number of nitrogens with zero attached hydrogens (tertiary/aromatic N) is 3. The molecule has 0 radical (unpaired) electrons. The van der Waals surface area contributed by atoms with E-state index in [1.54, 1.807) is 0 Å². The van der Waals surface area contributed by atoms with Crippen molar-refractivity contribution in [2.24, 2.45) is 16.3 Å². The Morgan fingerprint density at radius 2 is 2.33 bits per heavy atom. The van der Waals surface area contributed by atoms with Crippen molar-refractivity contribution in [3.05, 3.63) is 22.4 Å². The standard InChI is InChI=1S/C20H32N4OS.HI/c1-21-19(24-9-6-20(15-24)7-10-25-16-20)22-12-17-4-2-8-23(13-17)14-18-5-3-11-26-18;/h3,5,11,17H,2,4,6-10,12-16H2,1H3,(H,21,22);1H. The second-order valence-corrected chi connectivity index (χ2v) is 9.26. The Hall–Kier alpha value is -0.380. The summed E-state index contributed by atoms with van der Waals surface area (Å²) in [6.45, 7) is 8.64. The molecule has 0 saturated carbocycles. The van der Waals surface area contributed by atoms with Gasteiger partial charge >= 0.3 is 0 Å². The van der Waals surface area contributed by atoms with Gasteiger partial charge in [-0.25, -0.2) is 0 Å². The Bertz CT molecular complexity index is 603. The van der Waals surface area contributed by atoms with E-state index in [9.17, 15) is 0 Å². The molecule has 3 fully saturated rings. The van der Waals surface area contributed by atoms with Crippen molar-refractivity contribution in [1.82, 2.24) is 15.1 Å². The van der Waals surface area contributed by atoms with Crippen molar-refractivity contribution in [2.45, 2.75) is 32.2 Å². The van der Waals surface area contributed by atoms with Gasteiger partial charge in [-0.3, -0.25) is 9.89 Å². The molecule has 27 heavy (non-hydrogen) atoms. The van der Waals surface area contributed by atoms with Crippen LogP contribution in [0.15, 0.2) is 22.5 Å².